The van der Waals surface area contributed by atoms with Crippen LogP contribution in [0.5, 0.6) is 0 Å². The fourth-order valence-corrected chi connectivity index (χ4v) is 12.7. The number of benzene rings is 13. The Labute approximate surface area is 474 Å². The molecule has 81 heavy (non-hydrogen) atoms. The smallest absolute Gasteiger partial charge is 0.252 e. The second-order valence-corrected chi connectivity index (χ2v) is 21.2. The quantitative estimate of drug-likeness (QED) is 0.126. The molecule has 3 heteroatoms. The van der Waals surface area contributed by atoms with Gasteiger partial charge in [0.1, 0.15) is 0 Å². The Kier molecular flexibility index (Phi) is 12.0. The number of fused-ring (bicyclic) bond motifs is 4. The maximum absolute atomic E-state index is 2.61. The van der Waals surface area contributed by atoms with Crippen LogP contribution in [0.3, 0.4) is 0 Å². The van der Waals surface area contributed by atoms with Crippen LogP contribution in [-0.4, -0.2) is 6.71 Å². The largest absolute Gasteiger partial charge is 0.311 e. The predicted molar refractivity (Wildman–Crippen MR) is 344 cm³/mol. The number of nitrogens with zero attached hydrogens (tertiary/aromatic N) is 2. The van der Waals surface area contributed by atoms with Crippen LogP contribution in [-0.2, 0) is 0 Å². The number of hydrogen-bond donors (Lipinski definition) is 0. The Bertz CT molecular complexity index is 4020. The zero-order valence-corrected chi connectivity index (χ0v) is 44.6. The van der Waals surface area contributed by atoms with Gasteiger partial charge in [0.05, 0.1) is 0 Å². The van der Waals surface area contributed by atoms with Crippen molar-refractivity contribution in [2.24, 2.45) is 0 Å². The van der Waals surface area contributed by atoms with Gasteiger partial charge in [-0.05, 0) is 155 Å². The molecule has 0 spiro atoms. The number of anilines is 6. The van der Waals surface area contributed by atoms with Crippen LogP contribution in [0.2, 0.25) is 0 Å². The summed E-state index contributed by atoms with van der Waals surface area (Å²) in [5.41, 5.74) is 29.2. The molecule has 0 unspecified atom stereocenters. The average Bonchev–Trinajstić information content (AvgIpc) is 2.94. The summed E-state index contributed by atoms with van der Waals surface area (Å²) in [6.45, 7) is -0.206. The predicted octanol–water partition coefficient (Wildman–Crippen LogP) is 19.1. The molecule has 0 aromatic heterocycles. The van der Waals surface area contributed by atoms with Gasteiger partial charge in [-0.2, -0.15) is 0 Å². The van der Waals surface area contributed by atoms with E-state index in [1.54, 1.807) is 0 Å². The van der Waals surface area contributed by atoms with Gasteiger partial charge in [-0.25, -0.2) is 0 Å². The van der Waals surface area contributed by atoms with Crippen LogP contribution in [0.1, 0.15) is 0 Å². The molecule has 13 aromatic carbocycles. The minimum atomic E-state index is -0.206. The molecule has 0 N–H and O–H groups in total. The summed E-state index contributed by atoms with van der Waals surface area (Å²) in [6.07, 6.45) is 0. The lowest BCUT2D eigenvalue weighted by Gasteiger charge is -2.46. The molecule has 2 nitrogen and oxygen atoms in total. The monoisotopic (exact) mass is 1030 g/mol. The van der Waals surface area contributed by atoms with E-state index in [1.807, 2.05) is 0 Å². The maximum atomic E-state index is 2.61. The van der Waals surface area contributed by atoms with Gasteiger partial charge in [0.25, 0.3) is 6.71 Å². The highest BCUT2D eigenvalue weighted by Crippen LogP contribution is 2.52. The Balaban J connectivity index is 1.11. The van der Waals surface area contributed by atoms with Crippen molar-refractivity contribution in [2.45, 2.75) is 0 Å². The molecule has 2 aliphatic heterocycles. The fourth-order valence-electron chi connectivity index (χ4n) is 12.7. The van der Waals surface area contributed by atoms with Gasteiger partial charge in [-0.15, -0.1) is 0 Å². The third-order valence-corrected chi connectivity index (χ3v) is 16.3. The third-order valence-electron chi connectivity index (χ3n) is 16.3. The molecule has 0 aliphatic carbocycles. The first-order valence-corrected chi connectivity index (χ1v) is 28.0. The van der Waals surface area contributed by atoms with E-state index in [1.165, 1.54) is 83.4 Å². The Morgan fingerprint density at radius 2 is 0.444 bits per heavy atom. The molecule has 0 atom stereocenters. The van der Waals surface area contributed by atoms with Crippen molar-refractivity contribution in [3.63, 3.8) is 0 Å². The summed E-state index contributed by atoms with van der Waals surface area (Å²) in [7, 11) is 0. The highest BCUT2D eigenvalue weighted by Gasteiger charge is 2.46. The summed E-state index contributed by atoms with van der Waals surface area (Å²) in [5.74, 6) is 0. The molecule has 0 saturated heterocycles. The Morgan fingerprint density at radius 1 is 0.198 bits per heavy atom. The molecular formula is C78H53BN2. The summed E-state index contributed by atoms with van der Waals surface area (Å²) < 4.78 is 0. The standard InChI is InChI=1S/C78H53BN2/c1-9-26-54(27-10-1)62-44-63(55-28-11-2-12-29-55)47-68(46-62)80-74-42-25-43-75-76(74)79(72-52-66(58-34-17-5-18-35-58)50-70(77(72)80)60-38-21-7-22-39-60)73-53-67(59-36-19-6-20-37-59)51-71(61-40-23-8-24-41-61)78(73)81(75)69-48-64(56-30-13-3-14-31-56)45-65(49-69)57-32-15-4-16-33-57/h1-53H. The minimum Gasteiger partial charge on any atom is -0.311 e. The van der Waals surface area contributed by atoms with Gasteiger partial charge in [0.15, 0.2) is 0 Å². The van der Waals surface area contributed by atoms with E-state index in [4.69, 9.17) is 0 Å². The van der Waals surface area contributed by atoms with Gasteiger partial charge >= 0.3 is 0 Å². The maximum Gasteiger partial charge on any atom is 0.252 e. The van der Waals surface area contributed by atoms with Crippen molar-refractivity contribution < 1.29 is 0 Å². The fraction of sp³-hybridized carbons (Fsp3) is 0. The second kappa shape index (κ2) is 20.4. The lowest BCUT2D eigenvalue weighted by Crippen LogP contribution is -2.61. The first kappa shape index (κ1) is 47.7. The molecule has 378 valence electrons. The molecule has 0 saturated carbocycles. The third kappa shape index (κ3) is 8.64. The highest BCUT2D eigenvalue weighted by atomic mass is 15.2. The summed E-state index contributed by atoms with van der Waals surface area (Å²) in [4.78, 5) is 5.22. The van der Waals surface area contributed by atoms with E-state index < -0.39 is 0 Å². The van der Waals surface area contributed by atoms with Gasteiger partial charge in [0, 0.05) is 45.3 Å². The normalized spacial score (nSPS) is 12.1. The van der Waals surface area contributed by atoms with Crippen LogP contribution in [0, 0.1) is 0 Å². The van der Waals surface area contributed by atoms with Gasteiger partial charge in [0.2, 0.25) is 0 Å². The Hall–Kier alpha value is -10.5. The number of rotatable bonds is 10. The molecule has 0 amide bonds. The number of hydrogen-bond acceptors (Lipinski definition) is 2. The van der Waals surface area contributed by atoms with Crippen molar-refractivity contribution in [1.29, 1.82) is 0 Å². The molecule has 0 fully saturated rings. The Morgan fingerprint density at radius 3 is 0.716 bits per heavy atom. The highest BCUT2D eigenvalue weighted by molar-refractivity contribution is 7.00. The van der Waals surface area contributed by atoms with Crippen molar-refractivity contribution in [3.05, 3.63) is 322 Å². The van der Waals surface area contributed by atoms with E-state index in [2.05, 4.69) is 331 Å². The van der Waals surface area contributed by atoms with Crippen molar-refractivity contribution >= 4 is 57.2 Å². The van der Waals surface area contributed by atoms with Crippen molar-refractivity contribution in [3.8, 4) is 89.0 Å². The summed E-state index contributed by atoms with van der Waals surface area (Å²) >= 11 is 0. The summed E-state index contributed by atoms with van der Waals surface area (Å²) in [6, 6.07) is 119. The SMILES string of the molecule is c1ccc(-c2cc(-c3ccccc3)cc(N3c4cccc5c4B(c4cc(-c6ccccc6)cc(-c6ccccc6)c43)c3cc(-c4ccccc4)cc(-c4ccccc4)c3N5c3cc(-c4ccccc4)cc(-c4ccccc4)c3)c2)cc1. The van der Waals surface area contributed by atoms with E-state index >= 15 is 0 Å². The van der Waals surface area contributed by atoms with Crippen LogP contribution in [0.25, 0.3) is 89.0 Å². The lowest BCUT2D eigenvalue weighted by atomic mass is 9.33. The van der Waals surface area contributed by atoms with E-state index in [0.29, 0.717) is 0 Å². The lowest BCUT2D eigenvalue weighted by molar-refractivity contribution is 1.25. The van der Waals surface area contributed by atoms with Crippen LogP contribution < -0.4 is 26.2 Å². The second-order valence-electron chi connectivity index (χ2n) is 21.2. The van der Waals surface area contributed by atoms with Crippen LogP contribution >= 0.6 is 0 Å². The zero-order valence-electron chi connectivity index (χ0n) is 44.6. The van der Waals surface area contributed by atoms with E-state index in [0.717, 1.165) is 56.1 Å². The van der Waals surface area contributed by atoms with Crippen LogP contribution in [0.4, 0.5) is 34.1 Å². The molecule has 2 aliphatic rings. The van der Waals surface area contributed by atoms with Gasteiger partial charge in [-0.3, -0.25) is 0 Å². The molecule has 0 bridgehead atoms. The van der Waals surface area contributed by atoms with Crippen LogP contribution in [0.15, 0.2) is 322 Å². The topological polar surface area (TPSA) is 6.48 Å². The van der Waals surface area contributed by atoms with E-state index in [9.17, 15) is 0 Å². The van der Waals surface area contributed by atoms with E-state index in [-0.39, 0.29) is 6.71 Å². The molecule has 13 aromatic rings. The molecule has 0 radical (unpaired) electrons. The molecule has 2 heterocycles. The molecule has 15 rings (SSSR count). The minimum absolute atomic E-state index is 0.206. The van der Waals surface area contributed by atoms with Crippen molar-refractivity contribution in [1.82, 2.24) is 0 Å². The van der Waals surface area contributed by atoms with Gasteiger partial charge in [-0.1, -0.05) is 261 Å². The summed E-state index contributed by atoms with van der Waals surface area (Å²) in [5, 5.41) is 0. The molecular weight excluding hydrogens is 976 g/mol. The first-order chi connectivity index (χ1) is 40.2. The van der Waals surface area contributed by atoms with Crippen molar-refractivity contribution in [2.75, 3.05) is 9.80 Å². The first-order valence-electron chi connectivity index (χ1n) is 28.0. The zero-order chi connectivity index (χ0) is 53.6. The average molecular weight is 1030 g/mol. The van der Waals surface area contributed by atoms with Gasteiger partial charge < -0.3 is 9.80 Å².